The highest BCUT2D eigenvalue weighted by Crippen LogP contribution is 2.40. The van der Waals surface area contributed by atoms with Crippen LogP contribution in [0.4, 0.5) is 5.82 Å². The zero-order valence-electron chi connectivity index (χ0n) is 13.6. The van der Waals surface area contributed by atoms with Crippen molar-refractivity contribution in [2.45, 2.75) is 6.54 Å². The molecule has 0 atom stereocenters. The number of nitrogens with one attached hydrogen (secondary N) is 1. The standard InChI is InChI=1S/C19H16N4OS/c1-24-16-8-3-2-7-14(16)15-11-25-19-17(15)18(22-12-23-19)21-10-13-6-4-5-9-20-13/h2-9,11-12H,10H2,1H3,(H,21,22,23). The molecule has 1 N–H and O–H groups in total. The zero-order chi connectivity index (χ0) is 17.1. The van der Waals surface area contributed by atoms with Gasteiger partial charge in [-0.25, -0.2) is 9.97 Å². The van der Waals surface area contributed by atoms with E-state index in [0.29, 0.717) is 6.54 Å². The second-order valence-electron chi connectivity index (χ2n) is 5.43. The van der Waals surface area contributed by atoms with Gasteiger partial charge in [0.25, 0.3) is 0 Å². The predicted molar refractivity (Wildman–Crippen MR) is 101 cm³/mol. The first-order valence-corrected chi connectivity index (χ1v) is 8.74. The van der Waals surface area contributed by atoms with Crippen molar-refractivity contribution in [3.8, 4) is 16.9 Å². The number of aromatic nitrogens is 3. The van der Waals surface area contributed by atoms with Gasteiger partial charge in [-0.2, -0.15) is 0 Å². The lowest BCUT2D eigenvalue weighted by atomic mass is 10.0. The van der Waals surface area contributed by atoms with Crippen LogP contribution >= 0.6 is 11.3 Å². The predicted octanol–water partition coefficient (Wildman–Crippen LogP) is 4.37. The number of pyridine rings is 1. The second-order valence-corrected chi connectivity index (χ2v) is 6.28. The topological polar surface area (TPSA) is 59.9 Å². The van der Waals surface area contributed by atoms with Crippen LogP contribution in [-0.2, 0) is 6.54 Å². The van der Waals surface area contributed by atoms with Crippen LogP contribution in [0.3, 0.4) is 0 Å². The lowest BCUT2D eigenvalue weighted by Crippen LogP contribution is -2.03. The SMILES string of the molecule is COc1ccccc1-c1csc2ncnc(NCc3ccccn3)c12. The van der Waals surface area contributed by atoms with Crippen LogP contribution in [0.25, 0.3) is 21.3 Å². The Balaban J connectivity index is 1.77. The maximum absolute atomic E-state index is 5.52. The first-order valence-electron chi connectivity index (χ1n) is 7.86. The average molecular weight is 348 g/mol. The number of thiophene rings is 1. The summed E-state index contributed by atoms with van der Waals surface area (Å²) in [4.78, 5) is 14.2. The Labute approximate surface area is 149 Å². The molecule has 4 aromatic rings. The quantitative estimate of drug-likeness (QED) is 0.580. The van der Waals surface area contributed by atoms with Crippen LogP contribution in [0.2, 0.25) is 0 Å². The van der Waals surface area contributed by atoms with E-state index in [-0.39, 0.29) is 0 Å². The van der Waals surface area contributed by atoms with E-state index in [1.807, 2.05) is 36.4 Å². The van der Waals surface area contributed by atoms with Crippen molar-refractivity contribution in [3.63, 3.8) is 0 Å². The summed E-state index contributed by atoms with van der Waals surface area (Å²) >= 11 is 1.60. The second kappa shape index (κ2) is 6.86. The highest BCUT2D eigenvalue weighted by molar-refractivity contribution is 7.17. The van der Waals surface area contributed by atoms with Crippen molar-refractivity contribution in [3.05, 3.63) is 66.1 Å². The number of methoxy groups -OCH3 is 1. The minimum absolute atomic E-state index is 0.605. The van der Waals surface area contributed by atoms with Gasteiger partial charge in [-0.05, 0) is 18.2 Å². The van der Waals surface area contributed by atoms with Crippen molar-refractivity contribution >= 4 is 27.4 Å². The minimum atomic E-state index is 0.605. The molecule has 4 rings (SSSR count). The van der Waals surface area contributed by atoms with Gasteiger partial charge in [-0.15, -0.1) is 11.3 Å². The molecule has 0 spiro atoms. The van der Waals surface area contributed by atoms with E-state index in [2.05, 4.69) is 31.7 Å². The Morgan fingerprint density at radius 1 is 1.00 bits per heavy atom. The third-order valence-electron chi connectivity index (χ3n) is 3.93. The summed E-state index contributed by atoms with van der Waals surface area (Å²) in [7, 11) is 1.68. The highest BCUT2D eigenvalue weighted by Gasteiger charge is 2.15. The zero-order valence-corrected chi connectivity index (χ0v) is 14.5. The van der Waals surface area contributed by atoms with E-state index in [4.69, 9.17) is 4.74 Å². The molecule has 0 amide bonds. The lowest BCUT2D eigenvalue weighted by Gasteiger charge is -2.10. The molecule has 0 saturated heterocycles. The van der Waals surface area contributed by atoms with Gasteiger partial charge in [0.1, 0.15) is 22.7 Å². The first kappa shape index (κ1) is 15.5. The third kappa shape index (κ3) is 3.04. The molecular weight excluding hydrogens is 332 g/mol. The van der Waals surface area contributed by atoms with Crippen molar-refractivity contribution in [2.75, 3.05) is 12.4 Å². The number of fused-ring (bicyclic) bond motifs is 1. The normalized spacial score (nSPS) is 10.8. The molecule has 0 aliphatic rings. The molecule has 3 heterocycles. The number of rotatable bonds is 5. The van der Waals surface area contributed by atoms with Gasteiger partial charge in [-0.1, -0.05) is 24.3 Å². The minimum Gasteiger partial charge on any atom is -0.496 e. The molecule has 0 radical (unpaired) electrons. The molecule has 0 unspecified atom stereocenters. The summed E-state index contributed by atoms with van der Waals surface area (Å²) in [5, 5.41) is 6.50. The van der Waals surface area contributed by atoms with Crippen LogP contribution in [-0.4, -0.2) is 22.1 Å². The van der Waals surface area contributed by atoms with E-state index in [1.165, 1.54) is 0 Å². The first-order chi connectivity index (χ1) is 12.4. The summed E-state index contributed by atoms with van der Waals surface area (Å²) in [5.74, 6) is 1.64. The summed E-state index contributed by atoms with van der Waals surface area (Å²) < 4.78 is 5.52. The number of hydrogen-bond acceptors (Lipinski definition) is 6. The van der Waals surface area contributed by atoms with Crippen LogP contribution in [0, 0.1) is 0 Å². The molecule has 124 valence electrons. The third-order valence-corrected chi connectivity index (χ3v) is 4.82. The van der Waals surface area contributed by atoms with Crippen molar-refractivity contribution in [1.29, 1.82) is 0 Å². The van der Waals surface area contributed by atoms with Crippen molar-refractivity contribution < 1.29 is 4.74 Å². The van der Waals surface area contributed by atoms with E-state index < -0.39 is 0 Å². The number of nitrogens with zero attached hydrogens (tertiary/aromatic N) is 3. The molecule has 0 saturated carbocycles. The molecule has 0 aliphatic carbocycles. The van der Waals surface area contributed by atoms with Crippen molar-refractivity contribution in [2.24, 2.45) is 0 Å². The number of benzene rings is 1. The van der Waals surface area contributed by atoms with Gasteiger partial charge in [0, 0.05) is 22.7 Å². The Morgan fingerprint density at radius 2 is 1.88 bits per heavy atom. The van der Waals surface area contributed by atoms with Gasteiger partial charge in [-0.3, -0.25) is 4.98 Å². The fourth-order valence-corrected chi connectivity index (χ4v) is 3.66. The van der Waals surface area contributed by atoms with Gasteiger partial charge >= 0.3 is 0 Å². The van der Waals surface area contributed by atoms with E-state index in [1.54, 1.807) is 31.0 Å². The monoisotopic (exact) mass is 348 g/mol. The highest BCUT2D eigenvalue weighted by atomic mass is 32.1. The van der Waals surface area contributed by atoms with Gasteiger partial charge in [0.05, 0.1) is 24.7 Å². The fraction of sp³-hybridized carbons (Fsp3) is 0.105. The summed E-state index contributed by atoms with van der Waals surface area (Å²) in [6, 6.07) is 13.9. The summed E-state index contributed by atoms with van der Waals surface area (Å²) in [6.07, 6.45) is 3.38. The lowest BCUT2D eigenvalue weighted by molar-refractivity contribution is 0.416. The van der Waals surface area contributed by atoms with Crippen LogP contribution in [0.1, 0.15) is 5.69 Å². The Hall–Kier alpha value is -2.99. The number of anilines is 1. The van der Waals surface area contributed by atoms with Gasteiger partial charge < -0.3 is 10.1 Å². The maximum Gasteiger partial charge on any atom is 0.139 e. The number of ether oxygens (including phenoxy) is 1. The average Bonchev–Trinajstić information content (AvgIpc) is 3.12. The molecule has 0 aliphatic heterocycles. The molecule has 5 nitrogen and oxygen atoms in total. The van der Waals surface area contributed by atoms with Gasteiger partial charge in [0.15, 0.2) is 0 Å². The molecule has 3 aromatic heterocycles. The van der Waals surface area contributed by atoms with Crippen molar-refractivity contribution in [1.82, 2.24) is 15.0 Å². The Kier molecular flexibility index (Phi) is 4.26. The van der Waals surface area contributed by atoms with Crippen LogP contribution in [0.15, 0.2) is 60.4 Å². The number of hydrogen-bond donors (Lipinski definition) is 1. The summed E-state index contributed by atoms with van der Waals surface area (Å²) in [6.45, 7) is 0.605. The van der Waals surface area contributed by atoms with Crippen LogP contribution < -0.4 is 10.1 Å². The molecule has 0 bridgehead atoms. The molecule has 25 heavy (non-hydrogen) atoms. The Morgan fingerprint density at radius 3 is 2.72 bits per heavy atom. The molecule has 6 heteroatoms. The fourth-order valence-electron chi connectivity index (χ4n) is 2.75. The largest absolute Gasteiger partial charge is 0.496 e. The Bertz CT molecular complexity index is 1000. The van der Waals surface area contributed by atoms with E-state index in [9.17, 15) is 0 Å². The molecule has 1 aromatic carbocycles. The molecular formula is C19H16N4OS. The summed E-state index contributed by atoms with van der Waals surface area (Å²) in [5.41, 5.74) is 3.07. The maximum atomic E-state index is 5.52. The smallest absolute Gasteiger partial charge is 0.139 e. The van der Waals surface area contributed by atoms with Crippen LogP contribution in [0.5, 0.6) is 5.75 Å². The molecule has 0 fully saturated rings. The number of para-hydroxylation sites is 1. The van der Waals surface area contributed by atoms with E-state index in [0.717, 1.165) is 38.6 Å². The van der Waals surface area contributed by atoms with E-state index >= 15 is 0 Å². The van der Waals surface area contributed by atoms with Gasteiger partial charge in [0.2, 0.25) is 0 Å².